The molecule has 1 atom stereocenters. The molecule has 1 aliphatic heterocycles. The highest BCUT2D eigenvalue weighted by atomic mass is 32.1. The molecule has 7 heteroatoms. The van der Waals surface area contributed by atoms with E-state index in [4.69, 9.17) is 9.47 Å². The fraction of sp³-hybridized carbons (Fsp3) is 0.300. The molecule has 2 N–H and O–H groups in total. The first-order valence-corrected chi connectivity index (χ1v) is 9.64. The van der Waals surface area contributed by atoms with Crippen molar-refractivity contribution in [3.63, 3.8) is 0 Å². The van der Waals surface area contributed by atoms with Gasteiger partial charge in [0.2, 0.25) is 0 Å². The topological polar surface area (TPSA) is 76.7 Å². The van der Waals surface area contributed by atoms with Crippen LogP contribution < -0.4 is 15.4 Å². The van der Waals surface area contributed by atoms with Crippen molar-refractivity contribution in [1.29, 1.82) is 0 Å². The fourth-order valence-electron chi connectivity index (χ4n) is 2.72. The van der Waals surface area contributed by atoms with Crippen molar-refractivity contribution in [2.75, 3.05) is 20.3 Å². The molecular weight excluding hydrogens is 364 g/mol. The van der Waals surface area contributed by atoms with E-state index in [1.165, 1.54) is 11.3 Å². The number of hydrogen-bond acceptors (Lipinski definition) is 5. The molecule has 0 spiro atoms. The zero-order valence-electron chi connectivity index (χ0n) is 15.1. The SMILES string of the molecule is COc1ccc(C(=O)N/C(=C\c2cccs2)C(=O)NC[C@@H]2CCCO2)cc1. The third-order valence-corrected chi connectivity index (χ3v) is 5.01. The minimum atomic E-state index is -0.354. The molecule has 0 bridgehead atoms. The average Bonchev–Trinajstić information content (AvgIpc) is 3.39. The minimum Gasteiger partial charge on any atom is -0.497 e. The number of rotatable bonds is 7. The number of ether oxygens (including phenoxy) is 2. The van der Waals surface area contributed by atoms with Gasteiger partial charge in [-0.3, -0.25) is 9.59 Å². The Hall–Kier alpha value is -2.64. The van der Waals surface area contributed by atoms with Gasteiger partial charge in [0, 0.05) is 23.6 Å². The van der Waals surface area contributed by atoms with Gasteiger partial charge in [0.15, 0.2) is 0 Å². The lowest BCUT2D eigenvalue weighted by molar-refractivity contribution is -0.118. The number of amides is 2. The third kappa shape index (κ3) is 5.42. The number of hydrogen-bond donors (Lipinski definition) is 2. The molecule has 0 unspecified atom stereocenters. The molecule has 2 amide bonds. The van der Waals surface area contributed by atoms with Crippen molar-refractivity contribution in [3.05, 3.63) is 57.9 Å². The summed E-state index contributed by atoms with van der Waals surface area (Å²) < 4.78 is 10.6. The van der Waals surface area contributed by atoms with Crippen molar-refractivity contribution in [1.82, 2.24) is 10.6 Å². The Kier molecular flexibility index (Phi) is 6.62. The fourth-order valence-corrected chi connectivity index (χ4v) is 3.38. The number of methoxy groups -OCH3 is 1. The highest BCUT2D eigenvalue weighted by molar-refractivity contribution is 7.10. The average molecular weight is 386 g/mol. The van der Waals surface area contributed by atoms with Crippen LogP contribution in [-0.4, -0.2) is 38.2 Å². The van der Waals surface area contributed by atoms with Crippen LogP contribution in [0.25, 0.3) is 6.08 Å². The standard InChI is InChI=1S/C20H22N2O4S/c1-25-15-8-6-14(7-9-15)19(23)22-18(12-17-5-3-11-27-17)20(24)21-13-16-4-2-10-26-16/h3,5-9,11-12,16H,2,4,10,13H2,1H3,(H,21,24)(H,22,23)/b18-12-/t16-/m0/s1. The summed E-state index contributed by atoms with van der Waals surface area (Å²) in [6.45, 7) is 1.16. The van der Waals surface area contributed by atoms with Crippen LogP contribution in [0.3, 0.4) is 0 Å². The molecular formula is C20H22N2O4S. The Balaban J connectivity index is 1.70. The Morgan fingerprint density at radius 3 is 2.74 bits per heavy atom. The summed E-state index contributed by atoms with van der Waals surface area (Å²) in [5.74, 6) is -0.0244. The Labute approximate surface area is 162 Å². The Bertz CT molecular complexity index is 794. The summed E-state index contributed by atoms with van der Waals surface area (Å²) in [4.78, 5) is 26.1. The molecule has 3 rings (SSSR count). The molecule has 27 heavy (non-hydrogen) atoms. The smallest absolute Gasteiger partial charge is 0.267 e. The summed E-state index contributed by atoms with van der Waals surface area (Å²) >= 11 is 1.49. The van der Waals surface area contributed by atoms with Gasteiger partial charge >= 0.3 is 0 Å². The number of nitrogens with one attached hydrogen (secondary N) is 2. The second kappa shape index (κ2) is 9.34. The monoisotopic (exact) mass is 386 g/mol. The van der Waals surface area contributed by atoms with E-state index < -0.39 is 0 Å². The number of thiophene rings is 1. The molecule has 2 heterocycles. The number of benzene rings is 1. The van der Waals surface area contributed by atoms with Crippen molar-refractivity contribution in [3.8, 4) is 5.75 Å². The van der Waals surface area contributed by atoms with Crippen LogP contribution in [0.5, 0.6) is 5.75 Å². The van der Waals surface area contributed by atoms with E-state index >= 15 is 0 Å². The summed E-state index contributed by atoms with van der Waals surface area (Å²) in [6, 6.07) is 10.5. The van der Waals surface area contributed by atoms with Crippen LogP contribution in [0, 0.1) is 0 Å². The van der Waals surface area contributed by atoms with Crippen molar-refractivity contribution in [2.24, 2.45) is 0 Å². The van der Waals surface area contributed by atoms with Gasteiger partial charge in [-0.05, 0) is 54.6 Å². The lowest BCUT2D eigenvalue weighted by Gasteiger charge is -2.14. The van der Waals surface area contributed by atoms with Crippen LogP contribution in [0.2, 0.25) is 0 Å². The van der Waals surface area contributed by atoms with E-state index in [-0.39, 0.29) is 23.6 Å². The summed E-state index contributed by atoms with van der Waals surface area (Å²) in [6.07, 6.45) is 3.65. The first-order valence-electron chi connectivity index (χ1n) is 8.76. The third-order valence-electron chi connectivity index (χ3n) is 4.19. The van der Waals surface area contributed by atoms with Gasteiger partial charge in [0.05, 0.1) is 13.2 Å². The van der Waals surface area contributed by atoms with Crippen molar-refractivity contribution in [2.45, 2.75) is 18.9 Å². The van der Waals surface area contributed by atoms with E-state index in [9.17, 15) is 9.59 Å². The van der Waals surface area contributed by atoms with E-state index in [1.54, 1.807) is 37.5 Å². The molecule has 2 aromatic rings. The van der Waals surface area contributed by atoms with Crippen LogP contribution in [0.15, 0.2) is 47.5 Å². The molecule has 0 aliphatic carbocycles. The maximum Gasteiger partial charge on any atom is 0.267 e. The van der Waals surface area contributed by atoms with Gasteiger partial charge in [-0.25, -0.2) is 0 Å². The molecule has 6 nitrogen and oxygen atoms in total. The van der Waals surface area contributed by atoms with Gasteiger partial charge in [-0.1, -0.05) is 6.07 Å². The van der Waals surface area contributed by atoms with Gasteiger partial charge < -0.3 is 20.1 Å². The lowest BCUT2D eigenvalue weighted by atomic mass is 10.2. The summed E-state index contributed by atoms with van der Waals surface area (Å²) in [5, 5.41) is 7.48. The minimum absolute atomic E-state index is 0.0363. The van der Waals surface area contributed by atoms with Gasteiger partial charge in [0.25, 0.3) is 11.8 Å². The van der Waals surface area contributed by atoms with Gasteiger partial charge in [-0.15, -0.1) is 11.3 Å². The van der Waals surface area contributed by atoms with E-state index in [2.05, 4.69) is 10.6 Å². The Morgan fingerprint density at radius 1 is 1.30 bits per heavy atom. The van der Waals surface area contributed by atoms with Crippen LogP contribution in [0.4, 0.5) is 0 Å². The molecule has 1 aromatic heterocycles. The van der Waals surface area contributed by atoms with E-state index in [0.717, 1.165) is 24.3 Å². The summed E-state index contributed by atoms with van der Waals surface area (Å²) in [7, 11) is 1.56. The lowest BCUT2D eigenvalue weighted by Crippen LogP contribution is -2.38. The normalized spacial score (nSPS) is 16.8. The van der Waals surface area contributed by atoms with Crippen LogP contribution in [0.1, 0.15) is 28.1 Å². The second-order valence-corrected chi connectivity index (χ2v) is 7.08. The quantitative estimate of drug-likeness (QED) is 0.718. The molecule has 0 saturated carbocycles. The summed E-state index contributed by atoms with van der Waals surface area (Å²) in [5.41, 5.74) is 0.649. The number of carbonyl (C=O) groups is 2. The predicted octanol–water partition coefficient (Wildman–Crippen LogP) is 2.82. The second-order valence-electron chi connectivity index (χ2n) is 6.10. The molecule has 1 aliphatic rings. The largest absolute Gasteiger partial charge is 0.497 e. The molecule has 142 valence electrons. The molecule has 1 saturated heterocycles. The van der Waals surface area contributed by atoms with Crippen molar-refractivity contribution < 1.29 is 19.1 Å². The highest BCUT2D eigenvalue weighted by Gasteiger charge is 2.19. The highest BCUT2D eigenvalue weighted by Crippen LogP contribution is 2.15. The van der Waals surface area contributed by atoms with Gasteiger partial charge in [0.1, 0.15) is 11.4 Å². The van der Waals surface area contributed by atoms with E-state index in [1.807, 2.05) is 17.5 Å². The molecule has 0 radical (unpaired) electrons. The van der Waals surface area contributed by atoms with E-state index in [0.29, 0.717) is 17.9 Å². The van der Waals surface area contributed by atoms with Crippen molar-refractivity contribution >= 4 is 29.2 Å². The van der Waals surface area contributed by atoms with Gasteiger partial charge in [-0.2, -0.15) is 0 Å². The first kappa shape index (κ1) is 19.1. The first-order chi connectivity index (χ1) is 13.2. The number of carbonyl (C=O) groups excluding carboxylic acids is 2. The maximum atomic E-state index is 12.6. The Morgan fingerprint density at radius 2 is 2.11 bits per heavy atom. The molecule has 1 aromatic carbocycles. The zero-order valence-corrected chi connectivity index (χ0v) is 15.9. The predicted molar refractivity (Wildman–Crippen MR) is 105 cm³/mol. The molecule has 1 fully saturated rings. The maximum absolute atomic E-state index is 12.6. The van der Waals surface area contributed by atoms with Crippen LogP contribution >= 0.6 is 11.3 Å². The van der Waals surface area contributed by atoms with Crippen LogP contribution in [-0.2, 0) is 9.53 Å². The zero-order chi connectivity index (χ0) is 19.1.